The summed E-state index contributed by atoms with van der Waals surface area (Å²) in [4.78, 5) is -1.51. The van der Waals surface area contributed by atoms with Gasteiger partial charge in [0.15, 0.2) is 23.3 Å². The molecule has 0 aliphatic heterocycles. The summed E-state index contributed by atoms with van der Waals surface area (Å²) in [5, 5.41) is 13.6. The zero-order valence-corrected chi connectivity index (χ0v) is 11.1. The average Bonchev–Trinajstić information content (AvgIpc) is 2.58. The van der Waals surface area contributed by atoms with Crippen molar-refractivity contribution < 1.29 is 48.8 Å². The van der Waals surface area contributed by atoms with Gasteiger partial charge in [0.2, 0.25) is 40.6 Å². The van der Waals surface area contributed by atoms with Gasteiger partial charge in [0.25, 0.3) is 0 Å². The molecule has 0 bridgehead atoms. The molecule has 2 rings (SSSR count). The van der Waals surface area contributed by atoms with Crippen molar-refractivity contribution in [2.75, 3.05) is 0 Å². The Bertz CT molecular complexity index is 869. The van der Waals surface area contributed by atoms with Gasteiger partial charge in [-0.3, -0.25) is 0 Å². The van der Waals surface area contributed by atoms with Crippen molar-refractivity contribution >= 4 is 11.4 Å². The Morgan fingerprint density at radius 3 is 1.12 bits per heavy atom. The van der Waals surface area contributed by atoms with Crippen molar-refractivity contribution in [1.29, 1.82) is 0 Å². The van der Waals surface area contributed by atoms with E-state index < -0.39 is 74.4 Å². The van der Waals surface area contributed by atoms with E-state index in [1.807, 2.05) is 0 Å². The first-order chi connectivity index (χ1) is 11.5. The molecule has 0 fully saturated rings. The molecule has 25 heavy (non-hydrogen) atoms. The molecule has 2 aromatic carbocycles. The van der Waals surface area contributed by atoms with E-state index in [0.29, 0.717) is 0 Å². The van der Waals surface area contributed by atoms with E-state index >= 15 is 0 Å². The maximum Gasteiger partial charge on any atom is 0.322 e. The lowest BCUT2D eigenvalue weighted by molar-refractivity contribution is -0.441. The molecule has 0 atom stereocenters. The second-order valence-electron chi connectivity index (χ2n) is 4.21. The monoisotopic (exact) mass is 378 g/mol. The molecule has 13 heteroatoms. The van der Waals surface area contributed by atoms with Gasteiger partial charge in [-0.1, -0.05) is 0 Å². The molecule has 0 radical (unpaired) electrons. The topological polar surface area (TPSA) is 38.4 Å². The minimum atomic E-state index is -2.68. The first kappa shape index (κ1) is 18.5. The predicted molar refractivity (Wildman–Crippen MR) is 57.8 cm³/mol. The lowest BCUT2D eigenvalue weighted by Crippen LogP contribution is -2.08. The number of nitrogens with zero attached hydrogens (tertiary/aromatic N) is 2. The Kier molecular flexibility index (Phi) is 4.59. The third kappa shape index (κ3) is 2.74. The molecule has 0 N–H and O–H groups in total. The average molecular weight is 378 g/mol. The summed E-state index contributed by atoms with van der Waals surface area (Å²) in [6, 6.07) is 0. The molecular formula is C12F10N2O. The van der Waals surface area contributed by atoms with Crippen molar-refractivity contribution in [2.24, 2.45) is 5.11 Å². The van der Waals surface area contributed by atoms with E-state index in [1.54, 1.807) is 0 Å². The third-order valence-corrected chi connectivity index (χ3v) is 2.76. The maximum atomic E-state index is 13.4. The van der Waals surface area contributed by atoms with Crippen molar-refractivity contribution in [3.63, 3.8) is 0 Å². The zero-order valence-electron chi connectivity index (χ0n) is 11.1. The Balaban J connectivity index is 2.79. The molecule has 134 valence electrons. The summed E-state index contributed by atoms with van der Waals surface area (Å²) >= 11 is 0. The molecule has 0 heterocycles. The Labute approximate surface area is 130 Å². The summed E-state index contributed by atoms with van der Waals surface area (Å²) in [6.07, 6.45) is 0. The van der Waals surface area contributed by atoms with E-state index in [1.165, 1.54) is 0 Å². The first-order valence-electron chi connectivity index (χ1n) is 5.72. The minimum absolute atomic E-state index is 1.51. The molecule has 0 amide bonds. The van der Waals surface area contributed by atoms with Crippen LogP contribution in [0.15, 0.2) is 5.11 Å². The molecule has 2 aromatic rings. The van der Waals surface area contributed by atoms with Gasteiger partial charge in [-0.15, -0.1) is 0 Å². The van der Waals surface area contributed by atoms with Crippen LogP contribution in [0.4, 0.5) is 55.3 Å². The van der Waals surface area contributed by atoms with Gasteiger partial charge in [0, 0.05) is 5.11 Å². The quantitative estimate of drug-likeness (QED) is 0.181. The van der Waals surface area contributed by atoms with Gasteiger partial charge >= 0.3 is 5.69 Å². The fourth-order valence-corrected chi connectivity index (χ4v) is 1.58. The van der Waals surface area contributed by atoms with E-state index in [-0.39, 0.29) is 0 Å². The molecule has 0 saturated carbocycles. The largest absolute Gasteiger partial charge is 0.594 e. The van der Waals surface area contributed by atoms with Crippen LogP contribution in [0.25, 0.3) is 0 Å². The molecule has 3 nitrogen and oxygen atoms in total. The van der Waals surface area contributed by atoms with Gasteiger partial charge in [-0.25, -0.2) is 35.1 Å². The normalized spacial score (nSPS) is 12.0. The molecule has 0 aromatic heterocycles. The van der Waals surface area contributed by atoms with Gasteiger partial charge in [0.05, 0.1) is 0 Å². The standard InChI is InChI=1S/C12F10N2O/c13-1-3(15)7(19)11(8(20)4(1)16)23-24(25)12-9(21)5(17)2(14)6(18)10(12)22. The lowest BCUT2D eigenvalue weighted by Gasteiger charge is -2.06. The third-order valence-electron chi connectivity index (χ3n) is 2.76. The number of rotatable bonds is 2. The molecular weight excluding hydrogens is 378 g/mol. The van der Waals surface area contributed by atoms with Crippen molar-refractivity contribution in [2.45, 2.75) is 0 Å². The van der Waals surface area contributed by atoms with E-state index in [0.717, 1.165) is 0 Å². The van der Waals surface area contributed by atoms with E-state index in [2.05, 4.69) is 5.11 Å². The highest BCUT2D eigenvalue weighted by Crippen LogP contribution is 2.33. The summed E-state index contributed by atoms with van der Waals surface area (Å²) < 4.78 is 131. The van der Waals surface area contributed by atoms with Crippen molar-refractivity contribution in [1.82, 2.24) is 0 Å². The van der Waals surface area contributed by atoms with Gasteiger partial charge in [-0.05, 0) is 4.86 Å². The maximum absolute atomic E-state index is 13.4. The lowest BCUT2D eigenvalue weighted by atomic mass is 10.2. The molecule has 0 aliphatic rings. The smallest absolute Gasteiger partial charge is 0.322 e. The molecule has 0 saturated heterocycles. The molecule has 0 unspecified atom stereocenters. The highest BCUT2D eigenvalue weighted by Gasteiger charge is 2.34. The van der Waals surface area contributed by atoms with E-state index in [9.17, 15) is 49.1 Å². The highest BCUT2D eigenvalue weighted by atomic mass is 19.2. The first-order valence-corrected chi connectivity index (χ1v) is 5.72. The van der Waals surface area contributed by atoms with E-state index in [4.69, 9.17) is 0 Å². The van der Waals surface area contributed by atoms with Crippen molar-refractivity contribution in [3.8, 4) is 0 Å². The van der Waals surface area contributed by atoms with Crippen LogP contribution in [0.5, 0.6) is 0 Å². The molecule has 0 aliphatic carbocycles. The summed E-state index contributed by atoms with van der Waals surface area (Å²) in [5.74, 6) is -26.4. The van der Waals surface area contributed by atoms with Gasteiger partial charge in [-0.2, -0.15) is 8.78 Å². The predicted octanol–water partition coefficient (Wildman–Crippen LogP) is 5.00. The molecule has 0 spiro atoms. The SMILES string of the molecule is [O-][N+](=Nc1c(F)c(F)c(F)c(F)c1F)c1c(F)c(F)c(F)c(F)c1F. The van der Waals surface area contributed by atoms with Crippen LogP contribution in [-0.4, -0.2) is 4.86 Å². The summed E-state index contributed by atoms with van der Waals surface area (Å²) in [6.45, 7) is 0. The van der Waals surface area contributed by atoms with Crippen LogP contribution in [-0.2, 0) is 0 Å². The minimum Gasteiger partial charge on any atom is -0.594 e. The van der Waals surface area contributed by atoms with Crippen LogP contribution in [0.1, 0.15) is 0 Å². The fourth-order valence-electron chi connectivity index (χ4n) is 1.58. The van der Waals surface area contributed by atoms with Gasteiger partial charge in [0.1, 0.15) is 0 Å². The van der Waals surface area contributed by atoms with Crippen LogP contribution >= 0.6 is 0 Å². The summed E-state index contributed by atoms with van der Waals surface area (Å²) in [7, 11) is 0. The van der Waals surface area contributed by atoms with Gasteiger partial charge < -0.3 is 5.21 Å². The van der Waals surface area contributed by atoms with Crippen LogP contribution < -0.4 is 0 Å². The van der Waals surface area contributed by atoms with Crippen LogP contribution in [0.3, 0.4) is 0 Å². The second-order valence-corrected chi connectivity index (χ2v) is 4.21. The number of hydrogen-bond acceptors (Lipinski definition) is 2. The zero-order chi connectivity index (χ0) is 19.2. The Hall–Kier alpha value is -2.86. The highest BCUT2D eigenvalue weighted by molar-refractivity contribution is 5.42. The Morgan fingerprint density at radius 1 is 0.480 bits per heavy atom. The summed E-state index contributed by atoms with van der Waals surface area (Å²) in [5.41, 5.74) is -4.52. The second kappa shape index (κ2) is 6.22. The van der Waals surface area contributed by atoms with Crippen LogP contribution in [0.2, 0.25) is 0 Å². The number of azo groups is 1. The number of benzene rings is 2. The van der Waals surface area contributed by atoms with Crippen molar-refractivity contribution in [3.05, 3.63) is 63.4 Å². The van der Waals surface area contributed by atoms with Crippen LogP contribution in [0, 0.1) is 63.4 Å². The number of halogens is 10. The Morgan fingerprint density at radius 2 is 0.760 bits per heavy atom. The number of hydrogen-bond donors (Lipinski definition) is 0. The fraction of sp³-hybridized carbons (Fsp3) is 0.